The van der Waals surface area contributed by atoms with Crippen molar-refractivity contribution in [1.82, 2.24) is 15.1 Å². The minimum absolute atomic E-state index is 0.140. The first-order valence-corrected chi connectivity index (χ1v) is 11.0. The van der Waals surface area contributed by atoms with Crippen molar-refractivity contribution in [2.45, 2.75) is 44.7 Å². The zero-order chi connectivity index (χ0) is 21.5. The number of hydrogen-bond acceptors (Lipinski definition) is 4. The summed E-state index contributed by atoms with van der Waals surface area (Å²) in [6.45, 7) is 5.53. The van der Waals surface area contributed by atoms with E-state index < -0.39 is 0 Å². The predicted octanol–water partition coefficient (Wildman–Crippen LogP) is 3.14. The molecule has 0 spiro atoms. The number of likely N-dealkylation sites (tertiary alicyclic amines) is 2. The molecule has 2 aliphatic heterocycles. The Morgan fingerprint density at radius 1 is 1.33 bits per heavy atom. The molecule has 2 aliphatic rings. The minimum atomic E-state index is -0.313. The van der Waals surface area contributed by atoms with Crippen LogP contribution in [0.3, 0.4) is 0 Å². The molecule has 0 saturated carbocycles. The lowest BCUT2D eigenvalue weighted by atomic mass is 10.0. The fraction of sp³-hybridized carbons (Fsp3) is 0.619. The number of ether oxygens (including phenoxy) is 1. The van der Waals surface area contributed by atoms with Crippen molar-refractivity contribution in [1.29, 1.82) is 0 Å². The average molecular weight is 440 g/mol. The van der Waals surface area contributed by atoms with Crippen LogP contribution >= 0.6 is 11.6 Å². The summed E-state index contributed by atoms with van der Waals surface area (Å²) in [5.41, 5.74) is 6.62. The van der Waals surface area contributed by atoms with Crippen LogP contribution in [0.4, 0.5) is 9.18 Å². The summed E-state index contributed by atoms with van der Waals surface area (Å²) >= 11 is 6.33. The quantitative estimate of drug-likeness (QED) is 0.525. The van der Waals surface area contributed by atoms with E-state index in [1.165, 1.54) is 6.07 Å². The third-order valence-corrected chi connectivity index (χ3v) is 6.05. The van der Waals surface area contributed by atoms with E-state index in [1.54, 1.807) is 24.0 Å². The molecule has 0 radical (unpaired) electrons. The number of rotatable bonds is 6. The number of carbonyl (C=O) groups excluding carboxylic acids is 1. The van der Waals surface area contributed by atoms with Crippen molar-refractivity contribution < 1.29 is 13.9 Å². The molecule has 2 saturated heterocycles. The zero-order valence-corrected chi connectivity index (χ0v) is 18.2. The van der Waals surface area contributed by atoms with Gasteiger partial charge in [0.05, 0.1) is 19.2 Å². The van der Waals surface area contributed by atoms with E-state index in [2.05, 4.69) is 15.2 Å². The first-order valence-electron chi connectivity index (χ1n) is 10.7. The van der Waals surface area contributed by atoms with Crippen molar-refractivity contribution in [3.8, 4) is 0 Å². The van der Waals surface area contributed by atoms with Crippen LogP contribution in [-0.4, -0.2) is 67.2 Å². The standard InChI is InChI=1S/C21H31ClFN5O2/c1-2-30-21(29)28-12-8-15(9-13-28)26-20(24)25-14-18(27-10-3-4-11-27)19-16(22)6-5-7-17(19)23/h5-7,15,18H,2-4,8-14H2,1H3,(H3,24,25,26). The molecule has 0 aliphatic carbocycles. The van der Waals surface area contributed by atoms with E-state index in [0.717, 1.165) is 38.8 Å². The predicted molar refractivity (Wildman–Crippen MR) is 116 cm³/mol. The molecule has 3 N–H and O–H groups in total. The van der Waals surface area contributed by atoms with Crippen LogP contribution in [0.2, 0.25) is 5.02 Å². The highest BCUT2D eigenvalue weighted by Crippen LogP contribution is 2.32. The number of piperidine rings is 1. The SMILES string of the molecule is CCOC(=O)N1CCC(NC(N)=NCC(c2c(F)cccc2Cl)N2CCCC2)CC1. The number of aliphatic imine (C=N–C) groups is 1. The Morgan fingerprint density at radius 3 is 2.67 bits per heavy atom. The van der Waals surface area contributed by atoms with Gasteiger partial charge in [-0.3, -0.25) is 9.89 Å². The zero-order valence-electron chi connectivity index (χ0n) is 17.4. The Balaban J connectivity index is 1.60. The van der Waals surface area contributed by atoms with Gasteiger partial charge < -0.3 is 20.7 Å². The van der Waals surface area contributed by atoms with E-state index in [1.807, 2.05) is 0 Å². The van der Waals surface area contributed by atoms with Crippen molar-refractivity contribution in [3.63, 3.8) is 0 Å². The summed E-state index contributed by atoms with van der Waals surface area (Å²) in [5.74, 6) is 0.0220. The Kier molecular flexibility index (Phi) is 8.16. The van der Waals surface area contributed by atoms with Crippen molar-refractivity contribution >= 4 is 23.7 Å². The molecular formula is C21H31ClFN5O2. The molecule has 1 aromatic rings. The first-order chi connectivity index (χ1) is 14.5. The number of nitrogens with two attached hydrogens (primary N) is 1. The van der Waals surface area contributed by atoms with Crippen LogP contribution in [0.5, 0.6) is 0 Å². The van der Waals surface area contributed by atoms with Gasteiger partial charge in [-0.2, -0.15) is 0 Å². The van der Waals surface area contributed by atoms with Gasteiger partial charge in [0.1, 0.15) is 5.82 Å². The normalized spacial score (nSPS) is 19.7. The Bertz CT molecular complexity index is 729. The maximum Gasteiger partial charge on any atom is 0.409 e. The molecule has 2 heterocycles. The van der Waals surface area contributed by atoms with Gasteiger partial charge in [0, 0.05) is 29.7 Å². The molecule has 0 bridgehead atoms. The first kappa shape index (κ1) is 22.6. The smallest absolute Gasteiger partial charge is 0.409 e. The van der Waals surface area contributed by atoms with Crippen LogP contribution in [0.1, 0.15) is 44.2 Å². The van der Waals surface area contributed by atoms with E-state index in [-0.39, 0.29) is 24.0 Å². The summed E-state index contributed by atoms with van der Waals surface area (Å²) in [6, 6.07) is 4.66. The monoisotopic (exact) mass is 439 g/mol. The van der Waals surface area contributed by atoms with Gasteiger partial charge in [-0.25, -0.2) is 9.18 Å². The molecule has 1 amide bonds. The van der Waals surface area contributed by atoms with Crippen molar-refractivity contribution in [3.05, 3.63) is 34.6 Å². The molecular weight excluding hydrogens is 409 g/mol. The largest absolute Gasteiger partial charge is 0.450 e. The molecule has 1 atom stereocenters. The second-order valence-corrected chi connectivity index (χ2v) is 8.13. The van der Waals surface area contributed by atoms with Gasteiger partial charge in [-0.15, -0.1) is 0 Å². The van der Waals surface area contributed by atoms with Gasteiger partial charge in [-0.1, -0.05) is 17.7 Å². The second-order valence-electron chi connectivity index (χ2n) is 7.72. The third-order valence-electron chi connectivity index (χ3n) is 5.72. The number of benzene rings is 1. The van der Waals surface area contributed by atoms with Crippen LogP contribution < -0.4 is 11.1 Å². The maximum absolute atomic E-state index is 14.6. The van der Waals surface area contributed by atoms with Crippen LogP contribution in [-0.2, 0) is 4.74 Å². The Labute approximate surface area is 182 Å². The lowest BCUT2D eigenvalue weighted by molar-refractivity contribution is 0.0963. The molecule has 1 unspecified atom stereocenters. The van der Waals surface area contributed by atoms with E-state index in [9.17, 15) is 9.18 Å². The Morgan fingerprint density at radius 2 is 2.03 bits per heavy atom. The van der Waals surface area contributed by atoms with Gasteiger partial charge in [0.25, 0.3) is 0 Å². The van der Waals surface area contributed by atoms with E-state index >= 15 is 0 Å². The number of amides is 1. The molecule has 3 rings (SSSR count). The number of carbonyl (C=O) groups is 1. The number of guanidine groups is 1. The van der Waals surface area contributed by atoms with Crippen molar-refractivity contribution in [2.75, 3.05) is 39.3 Å². The average Bonchev–Trinajstić information content (AvgIpc) is 3.25. The number of halogens is 2. The molecule has 9 heteroatoms. The highest BCUT2D eigenvalue weighted by molar-refractivity contribution is 6.31. The number of nitrogens with zero attached hydrogens (tertiary/aromatic N) is 3. The fourth-order valence-corrected chi connectivity index (χ4v) is 4.42. The lowest BCUT2D eigenvalue weighted by Crippen LogP contribution is -2.48. The number of nitrogens with one attached hydrogen (secondary N) is 1. The van der Waals surface area contributed by atoms with Gasteiger partial charge in [0.15, 0.2) is 5.96 Å². The highest BCUT2D eigenvalue weighted by Gasteiger charge is 2.28. The van der Waals surface area contributed by atoms with Crippen LogP contribution in [0, 0.1) is 5.82 Å². The molecule has 7 nitrogen and oxygen atoms in total. The Hall–Kier alpha value is -2.06. The topological polar surface area (TPSA) is 83.2 Å². The second kappa shape index (κ2) is 10.8. The number of hydrogen-bond donors (Lipinski definition) is 2. The van der Waals surface area contributed by atoms with Crippen LogP contribution in [0.15, 0.2) is 23.2 Å². The maximum atomic E-state index is 14.6. The van der Waals surface area contributed by atoms with Crippen molar-refractivity contribution in [2.24, 2.45) is 10.7 Å². The fourth-order valence-electron chi connectivity index (χ4n) is 4.13. The van der Waals surface area contributed by atoms with E-state index in [0.29, 0.717) is 42.8 Å². The highest BCUT2D eigenvalue weighted by atomic mass is 35.5. The lowest BCUT2D eigenvalue weighted by Gasteiger charge is -2.32. The molecule has 30 heavy (non-hydrogen) atoms. The van der Waals surface area contributed by atoms with Gasteiger partial charge in [0.2, 0.25) is 0 Å². The summed E-state index contributed by atoms with van der Waals surface area (Å²) in [5, 5.41) is 3.66. The summed E-state index contributed by atoms with van der Waals surface area (Å²) in [7, 11) is 0. The molecule has 1 aromatic carbocycles. The van der Waals surface area contributed by atoms with Gasteiger partial charge in [-0.05, 0) is 57.8 Å². The summed E-state index contributed by atoms with van der Waals surface area (Å²) in [4.78, 5) is 20.3. The molecule has 0 aromatic heterocycles. The molecule has 2 fully saturated rings. The van der Waals surface area contributed by atoms with Crippen LogP contribution in [0.25, 0.3) is 0 Å². The third kappa shape index (κ3) is 5.76. The van der Waals surface area contributed by atoms with E-state index in [4.69, 9.17) is 22.1 Å². The summed E-state index contributed by atoms with van der Waals surface area (Å²) < 4.78 is 19.6. The minimum Gasteiger partial charge on any atom is -0.450 e. The molecule has 166 valence electrons. The summed E-state index contributed by atoms with van der Waals surface area (Å²) in [6.07, 6.45) is 3.43. The van der Waals surface area contributed by atoms with Gasteiger partial charge >= 0.3 is 6.09 Å².